The van der Waals surface area contributed by atoms with E-state index in [4.69, 9.17) is 14.5 Å². The summed E-state index contributed by atoms with van der Waals surface area (Å²) in [6, 6.07) is 3.42. The number of anilines is 1. The van der Waals surface area contributed by atoms with Gasteiger partial charge in [-0.15, -0.1) is 0 Å². The minimum atomic E-state index is -1.33. The Labute approximate surface area is 137 Å². The van der Waals surface area contributed by atoms with Crippen molar-refractivity contribution in [2.24, 2.45) is 0 Å². The molecule has 1 aromatic heterocycles. The van der Waals surface area contributed by atoms with Crippen LogP contribution in [0.1, 0.15) is 47.0 Å². The summed E-state index contributed by atoms with van der Waals surface area (Å²) in [5.41, 5.74) is -1.99. The normalized spacial score (nSPS) is 16.5. The fraction of sp³-hybridized carbons (Fsp3) is 0.688. The quantitative estimate of drug-likeness (QED) is 0.704. The molecular weight excluding hydrogens is 295 g/mol. The highest BCUT2D eigenvalue weighted by Crippen LogP contribution is 2.25. The SMILES string of the molecule is CC(C)(O)C(C)(C)OB(O)c1ccc(N2CCCCC2)oc1=N. The Morgan fingerprint density at radius 1 is 1.17 bits per heavy atom. The van der Waals surface area contributed by atoms with E-state index in [9.17, 15) is 10.1 Å². The first-order valence-electron chi connectivity index (χ1n) is 8.14. The zero-order valence-electron chi connectivity index (χ0n) is 14.4. The minimum absolute atomic E-state index is 0.118. The van der Waals surface area contributed by atoms with Crippen LogP contribution in [-0.4, -0.2) is 41.5 Å². The number of piperidine rings is 1. The van der Waals surface area contributed by atoms with Crippen LogP contribution in [0.4, 0.5) is 5.88 Å². The first-order valence-corrected chi connectivity index (χ1v) is 8.14. The summed E-state index contributed by atoms with van der Waals surface area (Å²) < 4.78 is 11.1. The van der Waals surface area contributed by atoms with Crippen molar-refractivity contribution in [3.8, 4) is 0 Å². The molecule has 7 heteroatoms. The van der Waals surface area contributed by atoms with Crippen LogP contribution >= 0.6 is 0 Å². The van der Waals surface area contributed by atoms with E-state index < -0.39 is 18.3 Å². The van der Waals surface area contributed by atoms with Gasteiger partial charge in [0, 0.05) is 18.6 Å². The second kappa shape index (κ2) is 6.67. The Bertz CT molecular complexity index is 588. The van der Waals surface area contributed by atoms with Crippen molar-refractivity contribution < 1.29 is 19.2 Å². The number of rotatable bonds is 5. The van der Waals surface area contributed by atoms with Gasteiger partial charge in [-0.25, -0.2) is 0 Å². The Kier molecular flexibility index (Phi) is 5.23. The van der Waals surface area contributed by atoms with Crippen molar-refractivity contribution >= 4 is 18.5 Å². The molecule has 2 heterocycles. The van der Waals surface area contributed by atoms with E-state index in [0.29, 0.717) is 5.88 Å². The molecule has 0 spiro atoms. The third-order valence-electron chi connectivity index (χ3n) is 4.69. The van der Waals surface area contributed by atoms with Crippen LogP contribution in [0.2, 0.25) is 0 Å². The van der Waals surface area contributed by atoms with Gasteiger partial charge in [0.15, 0.2) is 5.88 Å². The van der Waals surface area contributed by atoms with Gasteiger partial charge in [0.25, 0.3) is 0 Å². The van der Waals surface area contributed by atoms with E-state index in [1.807, 2.05) is 0 Å². The van der Waals surface area contributed by atoms with Crippen molar-refractivity contribution in [1.29, 1.82) is 5.41 Å². The smallest absolute Gasteiger partial charge is 0.424 e. The first-order chi connectivity index (χ1) is 10.6. The molecule has 23 heavy (non-hydrogen) atoms. The molecular formula is C16H27BN2O4. The molecule has 0 aromatic carbocycles. The number of nitrogens with zero attached hydrogens (tertiary/aromatic N) is 1. The predicted octanol–water partition coefficient (Wildman–Crippen LogP) is 1.00. The van der Waals surface area contributed by atoms with Crippen LogP contribution in [0.5, 0.6) is 0 Å². The maximum atomic E-state index is 10.3. The summed E-state index contributed by atoms with van der Waals surface area (Å²) >= 11 is 0. The Morgan fingerprint density at radius 2 is 1.78 bits per heavy atom. The van der Waals surface area contributed by atoms with Crippen molar-refractivity contribution in [2.75, 3.05) is 18.0 Å². The van der Waals surface area contributed by atoms with Gasteiger partial charge in [-0.2, -0.15) is 0 Å². The molecule has 0 radical (unpaired) electrons. The molecule has 1 saturated heterocycles. The molecule has 0 bridgehead atoms. The average molecular weight is 322 g/mol. The molecule has 1 aromatic rings. The Morgan fingerprint density at radius 3 is 2.30 bits per heavy atom. The number of nitrogens with one attached hydrogen (secondary N) is 1. The van der Waals surface area contributed by atoms with E-state index >= 15 is 0 Å². The molecule has 1 fully saturated rings. The fourth-order valence-electron chi connectivity index (χ4n) is 2.40. The third kappa shape index (κ3) is 4.16. The molecule has 1 aliphatic heterocycles. The Balaban J connectivity index is 2.15. The van der Waals surface area contributed by atoms with Gasteiger partial charge in [-0.3, -0.25) is 5.41 Å². The lowest BCUT2D eigenvalue weighted by molar-refractivity contribution is -0.0983. The average Bonchev–Trinajstić information content (AvgIpc) is 2.46. The highest BCUT2D eigenvalue weighted by Gasteiger charge is 2.40. The topological polar surface area (TPSA) is 89.9 Å². The van der Waals surface area contributed by atoms with Crippen molar-refractivity contribution in [3.63, 3.8) is 0 Å². The van der Waals surface area contributed by atoms with E-state index in [0.717, 1.165) is 25.9 Å². The monoisotopic (exact) mass is 322 g/mol. The lowest BCUT2D eigenvalue weighted by Crippen LogP contribution is -2.55. The fourth-order valence-corrected chi connectivity index (χ4v) is 2.40. The molecule has 0 aliphatic carbocycles. The van der Waals surface area contributed by atoms with Crippen molar-refractivity contribution in [3.05, 3.63) is 17.7 Å². The van der Waals surface area contributed by atoms with Gasteiger partial charge in [-0.1, -0.05) is 6.07 Å². The highest BCUT2D eigenvalue weighted by atomic mass is 16.5. The predicted molar refractivity (Wildman–Crippen MR) is 89.7 cm³/mol. The highest BCUT2D eigenvalue weighted by molar-refractivity contribution is 6.59. The second-order valence-corrected chi connectivity index (χ2v) is 7.15. The molecule has 0 atom stereocenters. The van der Waals surface area contributed by atoms with Crippen molar-refractivity contribution in [2.45, 2.75) is 58.2 Å². The largest absolute Gasteiger partial charge is 0.497 e. The standard InChI is InChI=1S/C16H27BN2O4/c1-15(2,20)16(3,4)23-17(21)12-8-9-13(22-14(12)18)19-10-6-5-7-11-19/h8-9,18,20-21H,5-7,10-11H2,1-4H3. The van der Waals surface area contributed by atoms with Gasteiger partial charge >= 0.3 is 7.12 Å². The van der Waals surface area contributed by atoms with Gasteiger partial charge < -0.3 is 24.1 Å². The summed E-state index contributed by atoms with van der Waals surface area (Å²) in [6.45, 7) is 8.47. The van der Waals surface area contributed by atoms with Crippen LogP contribution in [0.3, 0.4) is 0 Å². The minimum Gasteiger partial charge on any atom is -0.424 e. The lowest BCUT2D eigenvalue weighted by atomic mass is 9.77. The summed E-state index contributed by atoms with van der Waals surface area (Å²) in [7, 11) is -1.33. The lowest BCUT2D eigenvalue weighted by Gasteiger charge is -2.38. The van der Waals surface area contributed by atoms with Gasteiger partial charge in [-0.05, 0) is 53.0 Å². The zero-order chi connectivity index (χ0) is 17.3. The first kappa shape index (κ1) is 18.0. The molecule has 0 unspecified atom stereocenters. The third-order valence-corrected chi connectivity index (χ3v) is 4.69. The van der Waals surface area contributed by atoms with Gasteiger partial charge in [0.05, 0.1) is 11.2 Å². The van der Waals surface area contributed by atoms with Crippen LogP contribution in [0, 0.1) is 5.41 Å². The molecule has 0 saturated carbocycles. The van der Waals surface area contributed by atoms with E-state index in [1.165, 1.54) is 6.42 Å². The summed E-state index contributed by atoms with van der Waals surface area (Å²) in [5, 5.41) is 28.4. The van der Waals surface area contributed by atoms with Crippen LogP contribution in [0.25, 0.3) is 0 Å². The van der Waals surface area contributed by atoms with Crippen LogP contribution in [0.15, 0.2) is 16.5 Å². The van der Waals surface area contributed by atoms with E-state index in [1.54, 1.807) is 39.8 Å². The maximum absolute atomic E-state index is 10.3. The second-order valence-electron chi connectivity index (χ2n) is 7.15. The molecule has 0 amide bonds. The van der Waals surface area contributed by atoms with Crippen molar-refractivity contribution in [1.82, 2.24) is 0 Å². The molecule has 2 rings (SSSR count). The van der Waals surface area contributed by atoms with Gasteiger partial charge in [0.2, 0.25) is 5.55 Å². The van der Waals surface area contributed by atoms with Crippen LogP contribution < -0.4 is 15.9 Å². The summed E-state index contributed by atoms with van der Waals surface area (Å²) in [6.07, 6.45) is 3.47. The van der Waals surface area contributed by atoms with Crippen LogP contribution in [-0.2, 0) is 4.65 Å². The molecule has 1 aliphatic rings. The number of hydrogen-bond acceptors (Lipinski definition) is 6. The van der Waals surface area contributed by atoms with Gasteiger partial charge in [0.1, 0.15) is 0 Å². The number of aliphatic hydroxyl groups is 1. The Hall–Kier alpha value is -1.31. The van der Waals surface area contributed by atoms with E-state index in [-0.39, 0.29) is 11.0 Å². The zero-order valence-corrected chi connectivity index (χ0v) is 14.4. The summed E-state index contributed by atoms with van der Waals surface area (Å²) in [5.74, 6) is 0.646. The molecule has 6 nitrogen and oxygen atoms in total. The summed E-state index contributed by atoms with van der Waals surface area (Å²) in [4.78, 5) is 2.11. The maximum Gasteiger partial charge on any atom is 0.497 e. The molecule has 128 valence electrons. The number of hydrogen-bond donors (Lipinski definition) is 3. The molecule has 3 N–H and O–H groups in total. The van der Waals surface area contributed by atoms with E-state index in [2.05, 4.69) is 4.90 Å².